The first-order valence-electron chi connectivity index (χ1n) is 5.21. The average molecular weight is 234 g/mol. The smallest absolute Gasteiger partial charge is 0.340 e. The van der Waals surface area contributed by atoms with Gasteiger partial charge >= 0.3 is 5.97 Å². The largest absolute Gasteiger partial charge is 0.478 e. The quantitative estimate of drug-likeness (QED) is 0.841. The summed E-state index contributed by atoms with van der Waals surface area (Å²) in [5.74, 6) is -1.03. The molecule has 1 saturated heterocycles. The number of ether oxygens (including phenoxy) is 2. The van der Waals surface area contributed by atoms with Gasteiger partial charge in [0.05, 0.1) is 18.7 Å². The van der Waals surface area contributed by atoms with Crippen molar-refractivity contribution >= 4 is 11.5 Å². The second-order valence-electron chi connectivity index (χ2n) is 3.67. The number of pyridine rings is 1. The number of carboxylic acids is 1. The van der Waals surface area contributed by atoms with Crippen molar-refractivity contribution in [1.29, 1.82) is 0 Å². The summed E-state index contributed by atoms with van der Waals surface area (Å²) in [6.07, 6.45) is 1.02. The van der Waals surface area contributed by atoms with Crippen molar-refractivity contribution in [2.45, 2.75) is 6.29 Å². The molecular weight excluding hydrogens is 224 g/mol. The van der Waals surface area contributed by atoms with Crippen LogP contribution in [-0.2, 0) is 9.47 Å². The van der Waals surface area contributed by atoms with E-state index in [2.05, 4.69) is 5.10 Å². The number of hydrogen-bond donors (Lipinski definition) is 1. The van der Waals surface area contributed by atoms with Gasteiger partial charge in [0.1, 0.15) is 11.3 Å². The highest BCUT2D eigenvalue weighted by atomic mass is 16.7. The second-order valence-corrected chi connectivity index (χ2v) is 3.67. The van der Waals surface area contributed by atoms with E-state index in [-0.39, 0.29) is 5.56 Å². The fourth-order valence-electron chi connectivity index (χ4n) is 1.92. The SMILES string of the molecule is O=C(O)c1c(C2OCCO2)nn2ccccc12. The molecule has 0 atom stereocenters. The molecule has 2 aromatic rings. The van der Waals surface area contributed by atoms with E-state index in [4.69, 9.17) is 9.47 Å². The molecule has 88 valence electrons. The number of nitrogens with zero attached hydrogens (tertiary/aromatic N) is 2. The lowest BCUT2D eigenvalue weighted by molar-refractivity contribution is -0.0480. The van der Waals surface area contributed by atoms with Crippen molar-refractivity contribution in [3.63, 3.8) is 0 Å². The van der Waals surface area contributed by atoms with E-state index in [1.165, 1.54) is 4.52 Å². The van der Waals surface area contributed by atoms with Gasteiger partial charge in [-0.3, -0.25) is 0 Å². The van der Waals surface area contributed by atoms with Crippen LogP contribution in [0.3, 0.4) is 0 Å². The zero-order chi connectivity index (χ0) is 11.8. The molecule has 0 saturated carbocycles. The Hall–Kier alpha value is -1.92. The van der Waals surface area contributed by atoms with Crippen molar-refractivity contribution in [2.75, 3.05) is 13.2 Å². The Morgan fingerprint density at radius 1 is 1.41 bits per heavy atom. The number of hydrogen-bond acceptors (Lipinski definition) is 4. The van der Waals surface area contributed by atoms with Crippen LogP contribution >= 0.6 is 0 Å². The fraction of sp³-hybridized carbons (Fsp3) is 0.273. The topological polar surface area (TPSA) is 73.1 Å². The van der Waals surface area contributed by atoms with Crippen LogP contribution in [0, 0.1) is 0 Å². The summed E-state index contributed by atoms with van der Waals surface area (Å²) in [6.45, 7) is 0.912. The molecule has 0 amide bonds. The second kappa shape index (κ2) is 3.83. The number of carboxylic acid groups (broad SMARTS) is 1. The van der Waals surface area contributed by atoms with Crippen LogP contribution in [0.5, 0.6) is 0 Å². The highest BCUT2D eigenvalue weighted by molar-refractivity contribution is 5.97. The summed E-state index contributed by atoms with van der Waals surface area (Å²) < 4.78 is 12.1. The van der Waals surface area contributed by atoms with Crippen molar-refractivity contribution in [3.05, 3.63) is 35.7 Å². The summed E-state index contributed by atoms with van der Waals surface area (Å²) >= 11 is 0. The fourth-order valence-corrected chi connectivity index (χ4v) is 1.92. The van der Waals surface area contributed by atoms with E-state index in [9.17, 15) is 9.90 Å². The summed E-state index contributed by atoms with van der Waals surface area (Å²) in [7, 11) is 0. The van der Waals surface area contributed by atoms with E-state index in [0.717, 1.165) is 0 Å². The molecule has 0 aromatic carbocycles. The third-order valence-corrected chi connectivity index (χ3v) is 2.63. The average Bonchev–Trinajstić information content (AvgIpc) is 2.95. The lowest BCUT2D eigenvalue weighted by Crippen LogP contribution is -2.06. The van der Waals surface area contributed by atoms with Crippen LogP contribution in [-0.4, -0.2) is 33.9 Å². The number of fused-ring (bicyclic) bond motifs is 1. The molecule has 2 aromatic heterocycles. The molecule has 3 heterocycles. The molecule has 0 bridgehead atoms. The molecule has 6 heteroatoms. The molecule has 17 heavy (non-hydrogen) atoms. The van der Waals surface area contributed by atoms with Crippen molar-refractivity contribution in [3.8, 4) is 0 Å². The number of carbonyl (C=O) groups is 1. The van der Waals surface area contributed by atoms with Crippen LogP contribution in [0.2, 0.25) is 0 Å². The van der Waals surface area contributed by atoms with E-state index >= 15 is 0 Å². The molecule has 1 aliphatic heterocycles. The van der Waals surface area contributed by atoms with Crippen LogP contribution in [0.15, 0.2) is 24.4 Å². The van der Waals surface area contributed by atoms with E-state index in [0.29, 0.717) is 24.4 Å². The molecule has 0 spiro atoms. The van der Waals surface area contributed by atoms with E-state index < -0.39 is 12.3 Å². The van der Waals surface area contributed by atoms with Crippen LogP contribution in [0.4, 0.5) is 0 Å². The van der Waals surface area contributed by atoms with E-state index in [1.54, 1.807) is 24.4 Å². The first kappa shape index (κ1) is 10.2. The first-order chi connectivity index (χ1) is 8.27. The zero-order valence-corrected chi connectivity index (χ0v) is 8.87. The Kier molecular flexibility index (Phi) is 2.31. The zero-order valence-electron chi connectivity index (χ0n) is 8.87. The van der Waals surface area contributed by atoms with Crippen molar-refractivity contribution in [1.82, 2.24) is 9.61 Å². The minimum absolute atomic E-state index is 0.137. The molecule has 0 unspecified atom stereocenters. The summed E-state index contributed by atoms with van der Waals surface area (Å²) in [5, 5.41) is 13.5. The van der Waals surface area contributed by atoms with E-state index in [1.807, 2.05) is 0 Å². The summed E-state index contributed by atoms with van der Waals surface area (Å²) in [5.41, 5.74) is 0.993. The van der Waals surface area contributed by atoms with Crippen molar-refractivity contribution < 1.29 is 19.4 Å². The molecule has 0 radical (unpaired) electrons. The Labute approximate surface area is 96.4 Å². The van der Waals surface area contributed by atoms with Gasteiger partial charge in [0.2, 0.25) is 6.29 Å². The monoisotopic (exact) mass is 234 g/mol. The molecule has 0 aliphatic carbocycles. The molecule has 1 aliphatic rings. The summed E-state index contributed by atoms with van der Waals surface area (Å²) in [6, 6.07) is 5.25. The van der Waals surface area contributed by atoms with Crippen LogP contribution in [0.1, 0.15) is 22.3 Å². The minimum atomic E-state index is -1.03. The Balaban J connectivity index is 2.22. The van der Waals surface area contributed by atoms with Gasteiger partial charge in [0.15, 0.2) is 0 Å². The maximum Gasteiger partial charge on any atom is 0.340 e. The molecule has 6 nitrogen and oxygen atoms in total. The predicted molar refractivity (Wildman–Crippen MR) is 56.8 cm³/mol. The normalized spacial score (nSPS) is 16.7. The lowest BCUT2D eigenvalue weighted by atomic mass is 10.2. The molecule has 3 rings (SSSR count). The number of aromatic nitrogens is 2. The maximum absolute atomic E-state index is 11.3. The van der Waals surface area contributed by atoms with Gasteiger partial charge in [-0.15, -0.1) is 0 Å². The minimum Gasteiger partial charge on any atom is -0.478 e. The number of rotatable bonds is 2. The van der Waals surface area contributed by atoms with Crippen LogP contribution < -0.4 is 0 Å². The standard InChI is InChI=1S/C11H10N2O4/c14-10(15)8-7-3-1-2-4-13(7)12-9(8)11-16-5-6-17-11/h1-4,11H,5-6H2,(H,14,15). The lowest BCUT2D eigenvalue weighted by Gasteiger charge is -2.05. The summed E-state index contributed by atoms with van der Waals surface area (Å²) in [4.78, 5) is 11.3. The van der Waals surface area contributed by atoms with Gasteiger partial charge in [0.25, 0.3) is 0 Å². The van der Waals surface area contributed by atoms with Gasteiger partial charge in [-0.05, 0) is 12.1 Å². The molecular formula is C11H10N2O4. The van der Waals surface area contributed by atoms with Gasteiger partial charge < -0.3 is 14.6 Å². The van der Waals surface area contributed by atoms with Crippen LogP contribution in [0.25, 0.3) is 5.52 Å². The highest BCUT2D eigenvalue weighted by Crippen LogP contribution is 2.27. The maximum atomic E-state index is 11.3. The van der Waals surface area contributed by atoms with Gasteiger partial charge in [-0.25, -0.2) is 9.31 Å². The molecule has 1 fully saturated rings. The third kappa shape index (κ3) is 1.58. The van der Waals surface area contributed by atoms with Gasteiger partial charge in [0, 0.05) is 6.20 Å². The Bertz CT molecular complexity index is 572. The van der Waals surface area contributed by atoms with Crippen molar-refractivity contribution in [2.24, 2.45) is 0 Å². The third-order valence-electron chi connectivity index (χ3n) is 2.63. The van der Waals surface area contributed by atoms with Gasteiger partial charge in [-0.1, -0.05) is 6.07 Å². The predicted octanol–water partition coefficient (Wildman–Crippen LogP) is 1.08. The Morgan fingerprint density at radius 3 is 2.88 bits per heavy atom. The van der Waals surface area contributed by atoms with Gasteiger partial charge in [-0.2, -0.15) is 5.10 Å². The Morgan fingerprint density at radius 2 is 2.18 bits per heavy atom. The number of aromatic carboxylic acids is 1. The molecule has 1 N–H and O–H groups in total. The first-order valence-corrected chi connectivity index (χ1v) is 5.21. The highest BCUT2D eigenvalue weighted by Gasteiger charge is 2.29.